The number of rotatable bonds is 14. The molecule has 0 bridgehead atoms. The summed E-state index contributed by atoms with van der Waals surface area (Å²) in [4.78, 5) is 0. The molecule has 11 rings (SSSR count). The first kappa shape index (κ1) is 59.8. The zero-order valence-corrected chi connectivity index (χ0v) is 47.6. The molecular formula is C70H67BF6O3P2. The van der Waals surface area contributed by atoms with Crippen molar-refractivity contribution in [1.29, 1.82) is 0 Å². The van der Waals surface area contributed by atoms with Gasteiger partial charge in [0.15, 0.2) is 0 Å². The van der Waals surface area contributed by atoms with Crippen molar-refractivity contribution in [3.05, 3.63) is 282 Å². The van der Waals surface area contributed by atoms with Gasteiger partial charge in [-0.15, -0.1) is 0 Å². The minimum absolute atomic E-state index is 0.141. The van der Waals surface area contributed by atoms with Crippen molar-refractivity contribution in [2.24, 2.45) is 0 Å². The molecule has 0 heterocycles. The third-order valence-electron chi connectivity index (χ3n) is 15.9. The van der Waals surface area contributed by atoms with Crippen molar-refractivity contribution in [3.63, 3.8) is 0 Å². The molecule has 420 valence electrons. The molecule has 0 amide bonds. The van der Waals surface area contributed by atoms with Gasteiger partial charge in [-0.2, -0.15) is 26.3 Å². The SMILES string of the molecule is [O-]B([O-])Oc1cc(C(F)(F)F)cc(C(F)(F)F)c1.c1ccc([P+](Cc2ccc(C3CCCCC3)cc2)(c2ccccc2)c2ccccc2)cc1.c1ccc([P+](Cc2ccc(C3CCCCC3)cc2)(c2ccccc2)c2ccccc2)cc1. The third-order valence-corrected chi connectivity index (χ3v) is 24.7. The number of hydrogen-bond acceptors (Lipinski definition) is 3. The summed E-state index contributed by atoms with van der Waals surface area (Å²) in [7, 11) is -6.66. The number of benzene rings is 9. The third kappa shape index (κ3) is 15.1. The summed E-state index contributed by atoms with van der Waals surface area (Å²) in [5, 5.41) is 28.9. The second-order valence-electron chi connectivity index (χ2n) is 21.3. The molecule has 2 aliphatic rings. The quantitative estimate of drug-likeness (QED) is 0.0619. The Balaban J connectivity index is 0.000000155. The van der Waals surface area contributed by atoms with Gasteiger partial charge in [-0.25, -0.2) is 0 Å². The van der Waals surface area contributed by atoms with Crippen molar-refractivity contribution >= 4 is 53.7 Å². The van der Waals surface area contributed by atoms with E-state index in [2.05, 4.69) is 235 Å². The molecule has 82 heavy (non-hydrogen) atoms. The normalized spacial score (nSPS) is 14.3. The van der Waals surface area contributed by atoms with Crippen molar-refractivity contribution < 1.29 is 41.0 Å². The van der Waals surface area contributed by atoms with Crippen LogP contribution in [0.4, 0.5) is 26.3 Å². The van der Waals surface area contributed by atoms with Crippen molar-refractivity contribution in [2.45, 2.75) is 101 Å². The Labute approximate surface area is 481 Å². The molecule has 2 fully saturated rings. The van der Waals surface area contributed by atoms with Gasteiger partial charge < -0.3 is 14.7 Å². The van der Waals surface area contributed by atoms with Crippen LogP contribution in [-0.4, -0.2) is 7.32 Å². The van der Waals surface area contributed by atoms with Gasteiger partial charge in [0, 0.05) is 0 Å². The topological polar surface area (TPSA) is 55.3 Å². The first-order valence-corrected chi connectivity index (χ1v) is 32.2. The average Bonchev–Trinajstić information content (AvgIpc) is 3.63. The van der Waals surface area contributed by atoms with Crippen LogP contribution in [0.2, 0.25) is 0 Å². The molecule has 0 aromatic heterocycles. The minimum Gasteiger partial charge on any atom is -0.860 e. The summed E-state index contributed by atoms with van der Waals surface area (Å²) in [6.07, 6.45) is 5.78. The lowest BCUT2D eigenvalue weighted by atomic mass is 9.84. The fraction of sp³-hybridized carbons (Fsp3) is 0.229. The fourth-order valence-electron chi connectivity index (χ4n) is 11.9. The maximum absolute atomic E-state index is 12.3. The average molecular weight is 1140 g/mol. The zero-order valence-electron chi connectivity index (χ0n) is 45.8. The van der Waals surface area contributed by atoms with Crippen LogP contribution >= 0.6 is 14.5 Å². The predicted molar refractivity (Wildman–Crippen MR) is 325 cm³/mol. The van der Waals surface area contributed by atoms with E-state index in [1.54, 1.807) is 0 Å². The molecule has 2 saturated carbocycles. The van der Waals surface area contributed by atoms with E-state index in [1.807, 2.05) is 0 Å². The molecule has 0 N–H and O–H groups in total. The lowest BCUT2D eigenvalue weighted by Crippen LogP contribution is -2.50. The highest BCUT2D eigenvalue weighted by molar-refractivity contribution is 7.95. The lowest BCUT2D eigenvalue weighted by Gasteiger charge is -2.28. The number of alkyl halides is 6. The van der Waals surface area contributed by atoms with Gasteiger partial charge >= 0.3 is 12.4 Å². The number of hydrogen-bond donors (Lipinski definition) is 0. The second kappa shape index (κ2) is 28.0. The summed E-state index contributed by atoms with van der Waals surface area (Å²) in [5.74, 6) is 0.441. The highest BCUT2D eigenvalue weighted by Gasteiger charge is 2.47. The van der Waals surface area contributed by atoms with E-state index >= 15 is 0 Å². The van der Waals surface area contributed by atoms with E-state index < -0.39 is 51.1 Å². The van der Waals surface area contributed by atoms with E-state index in [9.17, 15) is 36.4 Å². The van der Waals surface area contributed by atoms with Crippen LogP contribution in [0.5, 0.6) is 5.75 Å². The van der Waals surface area contributed by atoms with E-state index in [4.69, 9.17) is 0 Å². The summed E-state index contributed by atoms with van der Waals surface area (Å²) in [6, 6.07) is 86.7. The maximum atomic E-state index is 12.3. The van der Waals surface area contributed by atoms with Crippen molar-refractivity contribution in [3.8, 4) is 5.75 Å². The smallest absolute Gasteiger partial charge is 0.416 e. The molecule has 0 unspecified atom stereocenters. The molecule has 0 saturated heterocycles. The highest BCUT2D eigenvalue weighted by Crippen LogP contribution is 2.59. The maximum Gasteiger partial charge on any atom is 0.416 e. The largest absolute Gasteiger partial charge is 0.860 e. The molecule has 2 aliphatic carbocycles. The predicted octanol–water partition coefficient (Wildman–Crippen LogP) is 15.3. The van der Waals surface area contributed by atoms with E-state index in [0.29, 0.717) is 0 Å². The van der Waals surface area contributed by atoms with Crippen LogP contribution in [0, 0.1) is 0 Å². The van der Waals surface area contributed by atoms with E-state index in [1.165, 1.54) is 118 Å². The Morgan fingerprint density at radius 2 is 0.610 bits per heavy atom. The lowest BCUT2D eigenvalue weighted by molar-refractivity contribution is -0.372. The van der Waals surface area contributed by atoms with Gasteiger partial charge in [0.05, 0.1) is 29.2 Å². The summed E-state index contributed by atoms with van der Waals surface area (Å²) < 4.78 is 77.5. The second-order valence-corrected chi connectivity index (χ2v) is 28.2. The Kier molecular flexibility index (Phi) is 20.4. The van der Waals surface area contributed by atoms with Gasteiger partial charge in [-0.3, -0.25) is 0 Å². The fourth-order valence-corrected chi connectivity index (χ4v) is 20.3. The zero-order chi connectivity index (χ0) is 57.4. The molecule has 0 aliphatic heterocycles. The van der Waals surface area contributed by atoms with Gasteiger partial charge in [0.1, 0.15) is 53.7 Å². The molecule has 0 atom stereocenters. The first-order valence-electron chi connectivity index (χ1n) is 28.3. The molecular weight excluding hydrogens is 1080 g/mol. The van der Waals surface area contributed by atoms with Crippen LogP contribution in [0.1, 0.15) is 109 Å². The standard InChI is InChI=1S/2C31H32P.C8H3BF6O3/c2*1-5-13-27(14-6-1)28-23-21-26(22-24-28)25-32(29-15-7-2-8-16-29,30-17-9-3-10-18-30)31-19-11-4-12-20-31;10-7(11,12)4-1-5(8(13,14)15)3-6(2-4)18-9(16)17/h2*2-4,7-12,15-24,27H,1,5-6,13-14,25H2;1-3H/q2*+1;-2. The van der Waals surface area contributed by atoms with Crippen molar-refractivity contribution in [1.82, 2.24) is 0 Å². The van der Waals surface area contributed by atoms with Crippen molar-refractivity contribution in [2.75, 3.05) is 0 Å². The molecule has 0 spiro atoms. The van der Waals surface area contributed by atoms with Gasteiger partial charge in [-0.1, -0.05) is 196 Å². The Hall–Kier alpha value is -6.80. The van der Waals surface area contributed by atoms with Crippen LogP contribution in [0.15, 0.2) is 249 Å². The van der Waals surface area contributed by atoms with Crippen LogP contribution in [-0.2, 0) is 24.7 Å². The van der Waals surface area contributed by atoms with Crippen LogP contribution in [0.25, 0.3) is 0 Å². The van der Waals surface area contributed by atoms with E-state index in [0.717, 1.165) is 24.2 Å². The van der Waals surface area contributed by atoms with Crippen LogP contribution in [0.3, 0.4) is 0 Å². The van der Waals surface area contributed by atoms with Gasteiger partial charge in [0.25, 0.3) is 0 Å². The Morgan fingerprint density at radius 1 is 0.354 bits per heavy atom. The van der Waals surface area contributed by atoms with Crippen LogP contribution < -0.4 is 46.5 Å². The summed E-state index contributed by atoms with van der Waals surface area (Å²) in [6.45, 7) is 0. The summed E-state index contributed by atoms with van der Waals surface area (Å²) >= 11 is 0. The molecule has 12 heteroatoms. The van der Waals surface area contributed by atoms with Gasteiger partial charge in [-0.05, 0) is 151 Å². The highest BCUT2D eigenvalue weighted by atomic mass is 31.2. The van der Waals surface area contributed by atoms with E-state index in [-0.39, 0.29) is 18.2 Å². The first-order chi connectivity index (χ1) is 39.7. The number of halogens is 6. The Morgan fingerprint density at radius 3 is 0.841 bits per heavy atom. The monoisotopic (exact) mass is 1140 g/mol. The molecule has 3 nitrogen and oxygen atoms in total. The molecule has 9 aromatic rings. The Bertz CT molecular complexity index is 2910. The molecule has 0 radical (unpaired) electrons. The molecule has 9 aromatic carbocycles. The summed E-state index contributed by atoms with van der Waals surface area (Å²) in [5.41, 5.74) is 2.64. The minimum atomic E-state index is -5.05. The van der Waals surface area contributed by atoms with Gasteiger partial charge in [0.2, 0.25) is 0 Å².